The Morgan fingerprint density at radius 2 is 1.88 bits per heavy atom. The highest BCUT2D eigenvalue weighted by atomic mass is 14.8. The molecule has 2 rings (SSSR count). The number of nitrogens with zero attached hydrogens (tertiary/aromatic N) is 2. The largest absolute Gasteiger partial charge is 0.241 e. The molecule has 0 N–H and O–H groups in total. The summed E-state index contributed by atoms with van der Waals surface area (Å²) in [5, 5.41) is 1.20. The van der Waals surface area contributed by atoms with Gasteiger partial charge in [-0.2, -0.15) is 0 Å². The van der Waals surface area contributed by atoms with Gasteiger partial charge in [-0.15, -0.1) is 0 Å². The van der Waals surface area contributed by atoms with Gasteiger partial charge in [0.25, 0.3) is 0 Å². The van der Waals surface area contributed by atoms with Crippen molar-refractivity contribution in [3.63, 3.8) is 0 Å². The van der Waals surface area contributed by atoms with Crippen LogP contribution >= 0.6 is 0 Å². The van der Waals surface area contributed by atoms with Crippen molar-refractivity contribution in [1.82, 2.24) is 9.97 Å². The molecule has 0 aliphatic heterocycles. The first kappa shape index (κ1) is 11.1. The molecule has 0 saturated carbocycles. The molecular formula is C14H18N2. The Hall–Kier alpha value is -1.44. The van der Waals surface area contributed by atoms with Gasteiger partial charge in [-0.1, -0.05) is 20.3 Å². The van der Waals surface area contributed by atoms with Gasteiger partial charge < -0.3 is 0 Å². The monoisotopic (exact) mass is 214 g/mol. The second kappa shape index (κ2) is 4.60. The van der Waals surface area contributed by atoms with Crippen LogP contribution in [0.25, 0.3) is 10.9 Å². The predicted octanol–water partition coefficient (Wildman–Crippen LogP) is 3.45. The number of rotatable bonds is 3. The maximum absolute atomic E-state index is 4.34. The molecule has 16 heavy (non-hydrogen) atoms. The van der Waals surface area contributed by atoms with Crippen LogP contribution in [0.3, 0.4) is 0 Å². The zero-order valence-corrected chi connectivity index (χ0v) is 10.2. The Bertz CT molecular complexity index is 503. The third-order valence-corrected chi connectivity index (χ3v) is 3.06. The molecule has 1 aromatic heterocycles. The quantitative estimate of drug-likeness (QED) is 0.782. The predicted molar refractivity (Wildman–Crippen MR) is 67.6 cm³/mol. The maximum atomic E-state index is 4.34. The Kier molecular flexibility index (Phi) is 3.18. The fraction of sp³-hybridized carbons (Fsp3) is 0.429. The van der Waals surface area contributed by atoms with Crippen LogP contribution in [0.1, 0.15) is 37.1 Å². The summed E-state index contributed by atoms with van der Waals surface area (Å²) in [6.45, 7) is 6.47. The van der Waals surface area contributed by atoms with E-state index in [1.807, 2.05) is 6.92 Å². The summed E-state index contributed by atoms with van der Waals surface area (Å²) < 4.78 is 0. The Morgan fingerprint density at radius 1 is 1.06 bits per heavy atom. The molecule has 2 aromatic rings. The number of hydrogen-bond acceptors (Lipinski definition) is 2. The summed E-state index contributed by atoms with van der Waals surface area (Å²) in [5.74, 6) is 0. The summed E-state index contributed by atoms with van der Waals surface area (Å²) in [4.78, 5) is 8.59. The van der Waals surface area contributed by atoms with Crippen LogP contribution in [0.4, 0.5) is 0 Å². The molecule has 0 amide bonds. The fourth-order valence-electron chi connectivity index (χ4n) is 2.15. The second-order valence-electron chi connectivity index (χ2n) is 4.20. The Balaban J connectivity index is 2.65. The van der Waals surface area contributed by atoms with Gasteiger partial charge in [0, 0.05) is 11.1 Å². The van der Waals surface area contributed by atoms with Crippen LogP contribution in [0.15, 0.2) is 18.5 Å². The van der Waals surface area contributed by atoms with Crippen LogP contribution in [0.5, 0.6) is 0 Å². The minimum atomic E-state index is 1.07. The zero-order valence-electron chi connectivity index (χ0n) is 10.2. The summed E-state index contributed by atoms with van der Waals surface area (Å²) in [6.07, 6.45) is 5.06. The summed E-state index contributed by atoms with van der Waals surface area (Å²) in [5.41, 5.74) is 5.03. The lowest BCUT2D eigenvalue weighted by Gasteiger charge is -2.09. The number of aromatic nitrogens is 2. The van der Waals surface area contributed by atoms with Crippen molar-refractivity contribution in [3.8, 4) is 0 Å². The molecule has 0 fully saturated rings. The molecule has 0 atom stereocenters. The summed E-state index contributed by atoms with van der Waals surface area (Å²) in [7, 11) is 0. The normalized spacial score (nSPS) is 10.9. The molecule has 1 heterocycles. The lowest BCUT2D eigenvalue weighted by molar-refractivity contribution is 0.901. The first-order valence-electron chi connectivity index (χ1n) is 5.99. The zero-order chi connectivity index (χ0) is 11.5. The molecule has 0 unspecified atom stereocenters. The molecule has 2 nitrogen and oxygen atoms in total. The molecular weight excluding hydrogens is 196 g/mol. The minimum Gasteiger partial charge on any atom is -0.241 e. The topological polar surface area (TPSA) is 25.8 Å². The SMILES string of the molecule is CCCc1cc2c(C)ncnc2cc1CC. The molecule has 84 valence electrons. The average molecular weight is 214 g/mol. The van der Waals surface area contributed by atoms with E-state index in [4.69, 9.17) is 0 Å². The maximum Gasteiger partial charge on any atom is 0.116 e. The van der Waals surface area contributed by atoms with Crippen LogP contribution in [-0.2, 0) is 12.8 Å². The van der Waals surface area contributed by atoms with Gasteiger partial charge in [-0.3, -0.25) is 0 Å². The van der Waals surface area contributed by atoms with Gasteiger partial charge in [0.05, 0.1) is 5.52 Å². The van der Waals surface area contributed by atoms with E-state index < -0.39 is 0 Å². The van der Waals surface area contributed by atoms with Gasteiger partial charge >= 0.3 is 0 Å². The first-order valence-corrected chi connectivity index (χ1v) is 5.99. The van der Waals surface area contributed by atoms with E-state index in [9.17, 15) is 0 Å². The van der Waals surface area contributed by atoms with Crippen molar-refractivity contribution in [1.29, 1.82) is 0 Å². The van der Waals surface area contributed by atoms with Gasteiger partial charge in [0.15, 0.2) is 0 Å². The molecule has 1 aromatic carbocycles. The van der Waals surface area contributed by atoms with Crippen molar-refractivity contribution in [2.24, 2.45) is 0 Å². The van der Waals surface area contributed by atoms with Gasteiger partial charge in [0.1, 0.15) is 6.33 Å². The molecule has 0 bridgehead atoms. The van der Waals surface area contributed by atoms with Crippen molar-refractivity contribution < 1.29 is 0 Å². The lowest BCUT2D eigenvalue weighted by atomic mass is 9.98. The molecule has 2 heteroatoms. The van der Waals surface area contributed by atoms with E-state index in [1.54, 1.807) is 6.33 Å². The van der Waals surface area contributed by atoms with E-state index in [-0.39, 0.29) is 0 Å². The van der Waals surface area contributed by atoms with E-state index >= 15 is 0 Å². The van der Waals surface area contributed by atoms with E-state index in [0.717, 1.165) is 24.1 Å². The third kappa shape index (κ3) is 1.92. The second-order valence-corrected chi connectivity index (χ2v) is 4.20. The highest BCUT2D eigenvalue weighted by Crippen LogP contribution is 2.21. The standard InChI is InChI=1S/C14H18N2/c1-4-6-12-7-13-10(3)15-9-16-14(13)8-11(12)5-2/h7-9H,4-6H2,1-3H3. The van der Waals surface area contributed by atoms with Crippen molar-refractivity contribution in [3.05, 3.63) is 35.3 Å². The lowest BCUT2D eigenvalue weighted by Crippen LogP contribution is -1.96. The molecule has 0 spiro atoms. The highest BCUT2D eigenvalue weighted by Gasteiger charge is 2.06. The molecule has 0 radical (unpaired) electrons. The molecule has 0 aliphatic rings. The van der Waals surface area contributed by atoms with Crippen molar-refractivity contribution in [2.75, 3.05) is 0 Å². The van der Waals surface area contributed by atoms with E-state index in [1.165, 1.54) is 22.9 Å². The molecule has 0 saturated heterocycles. The highest BCUT2D eigenvalue weighted by molar-refractivity contribution is 5.82. The average Bonchev–Trinajstić information content (AvgIpc) is 2.30. The Morgan fingerprint density at radius 3 is 2.56 bits per heavy atom. The van der Waals surface area contributed by atoms with Crippen LogP contribution in [0.2, 0.25) is 0 Å². The van der Waals surface area contributed by atoms with Gasteiger partial charge in [-0.05, 0) is 43.0 Å². The molecule has 0 aliphatic carbocycles. The fourth-order valence-corrected chi connectivity index (χ4v) is 2.15. The summed E-state index contributed by atoms with van der Waals surface area (Å²) in [6, 6.07) is 4.49. The number of fused-ring (bicyclic) bond motifs is 1. The first-order chi connectivity index (χ1) is 7.76. The third-order valence-electron chi connectivity index (χ3n) is 3.06. The van der Waals surface area contributed by atoms with Gasteiger partial charge in [-0.25, -0.2) is 9.97 Å². The smallest absolute Gasteiger partial charge is 0.116 e. The van der Waals surface area contributed by atoms with Crippen molar-refractivity contribution >= 4 is 10.9 Å². The van der Waals surface area contributed by atoms with Crippen LogP contribution in [-0.4, -0.2) is 9.97 Å². The minimum absolute atomic E-state index is 1.07. The number of benzene rings is 1. The van der Waals surface area contributed by atoms with Crippen molar-refractivity contribution in [2.45, 2.75) is 40.0 Å². The number of hydrogen-bond donors (Lipinski definition) is 0. The number of aryl methyl sites for hydroxylation is 3. The van der Waals surface area contributed by atoms with E-state index in [0.29, 0.717) is 0 Å². The van der Waals surface area contributed by atoms with Crippen LogP contribution in [0, 0.1) is 6.92 Å². The Labute approximate surface area is 96.7 Å². The van der Waals surface area contributed by atoms with Crippen LogP contribution < -0.4 is 0 Å². The van der Waals surface area contributed by atoms with Gasteiger partial charge in [0.2, 0.25) is 0 Å². The van der Waals surface area contributed by atoms with E-state index in [2.05, 4.69) is 35.9 Å². The summed E-state index contributed by atoms with van der Waals surface area (Å²) >= 11 is 0.